The fourth-order valence-electron chi connectivity index (χ4n) is 3.19. The second-order valence-electron chi connectivity index (χ2n) is 5.98. The summed E-state index contributed by atoms with van der Waals surface area (Å²) in [5.74, 6) is 0.0294. The number of hydrogen-bond acceptors (Lipinski definition) is 3. The standard InChI is InChI=1S/C15H26N2O3/c1-4-15(5-2)14(19)17(9-8-13(18)16-15)10-12-7-6-11(3)20-12/h11-12H,4-10H2,1-3H3,(H,16,18). The molecule has 0 aromatic rings. The summed E-state index contributed by atoms with van der Waals surface area (Å²) in [5, 5.41) is 2.93. The molecule has 2 atom stereocenters. The molecule has 2 saturated heterocycles. The normalized spacial score (nSPS) is 30.2. The monoisotopic (exact) mass is 282 g/mol. The zero-order valence-electron chi connectivity index (χ0n) is 12.8. The Morgan fingerprint density at radius 1 is 1.30 bits per heavy atom. The molecule has 2 heterocycles. The third kappa shape index (κ3) is 2.97. The van der Waals surface area contributed by atoms with Gasteiger partial charge in [-0.05, 0) is 32.6 Å². The summed E-state index contributed by atoms with van der Waals surface area (Å²) in [6, 6.07) is 0. The van der Waals surface area contributed by atoms with Crippen LogP contribution in [-0.2, 0) is 14.3 Å². The third-order valence-corrected chi connectivity index (χ3v) is 4.64. The molecule has 2 amide bonds. The van der Waals surface area contributed by atoms with Gasteiger partial charge in [-0.1, -0.05) is 13.8 Å². The molecule has 0 bridgehead atoms. The summed E-state index contributed by atoms with van der Waals surface area (Å²) in [7, 11) is 0. The van der Waals surface area contributed by atoms with Gasteiger partial charge in [0.25, 0.3) is 0 Å². The fourth-order valence-corrected chi connectivity index (χ4v) is 3.19. The van der Waals surface area contributed by atoms with Crippen molar-refractivity contribution in [2.75, 3.05) is 13.1 Å². The Balaban J connectivity index is 2.11. The second-order valence-corrected chi connectivity index (χ2v) is 5.98. The molecular weight excluding hydrogens is 256 g/mol. The summed E-state index contributed by atoms with van der Waals surface area (Å²) >= 11 is 0. The Bertz CT molecular complexity index is 379. The van der Waals surface area contributed by atoms with E-state index in [2.05, 4.69) is 12.2 Å². The molecule has 114 valence electrons. The number of carbonyl (C=O) groups excluding carboxylic acids is 2. The van der Waals surface area contributed by atoms with Crippen LogP contribution in [0.2, 0.25) is 0 Å². The topological polar surface area (TPSA) is 58.6 Å². The van der Waals surface area contributed by atoms with Gasteiger partial charge in [0.05, 0.1) is 12.2 Å². The predicted molar refractivity (Wildman–Crippen MR) is 76.2 cm³/mol. The second kappa shape index (κ2) is 6.12. The zero-order chi connectivity index (χ0) is 14.8. The van der Waals surface area contributed by atoms with Crippen molar-refractivity contribution in [3.63, 3.8) is 0 Å². The highest BCUT2D eigenvalue weighted by molar-refractivity contribution is 5.93. The molecule has 1 N–H and O–H groups in total. The summed E-state index contributed by atoms with van der Waals surface area (Å²) in [5.41, 5.74) is -0.724. The molecular formula is C15H26N2O3. The average Bonchev–Trinajstić information content (AvgIpc) is 2.80. The molecule has 0 saturated carbocycles. The van der Waals surface area contributed by atoms with Crippen LogP contribution in [0.3, 0.4) is 0 Å². The molecule has 0 aromatic heterocycles. The van der Waals surface area contributed by atoms with Gasteiger partial charge in [0.15, 0.2) is 0 Å². The Kier molecular flexibility index (Phi) is 4.68. The van der Waals surface area contributed by atoms with Crippen LogP contribution in [0.5, 0.6) is 0 Å². The maximum Gasteiger partial charge on any atom is 0.248 e. The number of nitrogens with one attached hydrogen (secondary N) is 1. The van der Waals surface area contributed by atoms with Gasteiger partial charge in [-0.25, -0.2) is 0 Å². The van der Waals surface area contributed by atoms with Crippen molar-refractivity contribution < 1.29 is 14.3 Å². The molecule has 5 nitrogen and oxygen atoms in total. The number of carbonyl (C=O) groups is 2. The smallest absolute Gasteiger partial charge is 0.248 e. The summed E-state index contributed by atoms with van der Waals surface area (Å²) < 4.78 is 5.82. The number of hydrogen-bond donors (Lipinski definition) is 1. The Labute approximate surface area is 121 Å². The van der Waals surface area contributed by atoms with Gasteiger partial charge in [-0.15, -0.1) is 0 Å². The van der Waals surface area contributed by atoms with Gasteiger partial charge in [-0.2, -0.15) is 0 Å². The van der Waals surface area contributed by atoms with Crippen molar-refractivity contribution in [2.24, 2.45) is 0 Å². The highest BCUT2D eigenvalue weighted by atomic mass is 16.5. The summed E-state index contributed by atoms with van der Waals surface area (Å²) in [6.45, 7) is 7.09. The molecule has 2 aliphatic heterocycles. The highest BCUT2D eigenvalue weighted by Gasteiger charge is 2.42. The van der Waals surface area contributed by atoms with E-state index in [1.54, 1.807) is 0 Å². The van der Waals surface area contributed by atoms with Crippen LogP contribution in [0.25, 0.3) is 0 Å². The number of nitrogens with zero attached hydrogens (tertiary/aromatic N) is 1. The summed E-state index contributed by atoms with van der Waals surface area (Å²) in [6.07, 6.45) is 4.10. The minimum absolute atomic E-state index is 0.0229. The van der Waals surface area contributed by atoms with Crippen LogP contribution in [0.4, 0.5) is 0 Å². The molecule has 0 spiro atoms. The molecule has 0 aliphatic carbocycles. The van der Waals surface area contributed by atoms with Crippen molar-refractivity contribution in [1.29, 1.82) is 0 Å². The largest absolute Gasteiger partial charge is 0.373 e. The predicted octanol–water partition coefficient (Wildman–Crippen LogP) is 1.46. The lowest BCUT2D eigenvalue weighted by atomic mass is 9.91. The SMILES string of the molecule is CCC1(CC)NC(=O)CCN(CC2CCC(C)O2)C1=O. The van der Waals surface area contributed by atoms with E-state index in [0.29, 0.717) is 32.4 Å². The van der Waals surface area contributed by atoms with Crippen LogP contribution < -0.4 is 5.32 Å². The fraction of sp³-hybridized carbons (Fsp3) is 0.867. The van der Waals surface area contributed by atoms with Gasteiger partial charge in [0, 0.05) is 19.5 Å². The molecule has 0 radical (unpaired) electrons. The van der Waals surface area contributed by atoms with Gasteiger partial charge in [0.1, 0.15) is 5.54 Å². The number of amides is 2. The molecule has 2 unspecified atom stereocenters. The van der Waals surface area contributed by atoms with Crippen molar-refractivity contribution in [2.45, 2.75) is 70.6 Å². The number of ether oxygens (including phenoxy) is 1. The van der Waals surface area contributed by atoms with E-state index in [9.17, 15) is 9.59 Å². The van der Waals surface area contributed by atoms with Crippen molar-refractivity contribution >= 4 is 11.8 Å². The van der Waals surface area contributed by atoms with E-state index in [4.69, 9.17) is 4.74 Å². The highest BCUT2D eigenvalue weighted by Crippen LogP contribution is 2.25. The Morgan fingerprint density at radius 3 is 2.55 bits per heavy atom. The average molecular weight is 282 g/mol. The quantitative estimate of drug-likeness (QED) is 0.849. The minimum Gasteiger partial charge on any atom is -0.373 e. The van der Waals surface area contributed by atoms with E-state index < -0.39 is 5.54 Å². The minimum atomic E-state index is -0.724. The number of rotatable bonds is 4. The molecule has 2 fully saturated rings. The molecule has 20 heavy (non-hydrogen) atoms. The molecule has 2 aliphatic rings. The molecule has 2 rings (SSSR count). The molecule has 5 heteroatoms. The van der Waals surface area contributed by atoms with Gasteiger partial charge in [0.2, 0.25) is 11.8 Å². The first-order chi connectivity index (χ1) is 9.50. The van der Waals surface area contributed by atoms with Gasteiger partial charge >= 0.3 is 0 Å². The van der Waals surface area contributed by atoms with Gasteiger partial charge in [-0.3, -0.25) is 9.59 Å². The Hall–Kier alpha value is -1.10. The van der Waals surface area contributed by atoms with Crippen LogP contribution in [-0.4, -0.2) is 47.6 Å². The van der Waals surface area contributed by atoms with E-state index >= 15 is 0 Å². The lowest BCUT2D eigenvalue weighted by Gasteiger charge is -2.34. The first kappa shape index (κ1) is 15.3. The summed E-state index contributed by atoms with van der Waals surface area (Å²) in [4.78, 5) is 26.5. The van der Waals surface area contributed by atoms with E-state index in [-0.39, 0.29) is 24.0 Å². The first-order valence-corrected chi connectivity index (χ1v) is 7.76. The van der Waals surface area contributed by atoms with Crippen molar-refractivity contribution in [1.82, 2.24) is 10.2 Å². The van der Waals surface area contributed by atoms with Crippen molar-refractivity contribution in [3.8, 4) is 0 Å². The lowest BCUT2D eigenvalue weighted by Crippen LogP contribution is -2.57. The van der Waals surface area contributed by atoms with Crippen LogP contribution >= 0.6 is 0 Å². The lowest BCUT2D eigenvalue weighted by molar-refractivity contribution is -0.140. The maximum absolute atomic E-state index is 12.8. The zero-order valence-corrected chi connectivity index (χ0v) is 12.8. The van der Waals surface area contributed by atoms with Gasteiger partial charge < -0.3 is 15.0 Å². The van der Waals surface area contributed by atoms with E-state index in [1.807, 2.05) is 18.7 Å². The van der Waals surface area contributed by atoms with Crippen LogP contribution in [0.1, 0.15) is 52.9 Å². The molecule has 0 aromatic carbocycles. The van der Waals surface area contributed by atoms with Crippen LogP contribution in [0.15, 0.2) is 0 Å². The van der Waals surface area contributed by atoms with Crippen molar-refractivity contribution in [3.05, 3.63) is 0 Å². The van der Waals surface area contributed by atoms with Crippen LogP contribution in [0, 0.1) is 0 Å². The first-order valence-electron chi connectivity index (χ1n) is 7.76. The maximum atomic E-state index is 12.8. The third-order valence-electron chi connectivity index (χ3n) is 4.64. The van der Waals surface area contributed by atoms with E-state index in [0.717, 1.165) is 12.8 Å². The Morgan fingerprint density at radius 2 is 2.00 bits per heavy atom. The van der Waals surface area contributed by atoms with E-state index in [1.165, 1.54) is 0 Å².